The van der Waals surface area contributed by atoms with Crippen molar-refractivity contribution in [3.63, 3.8) is 0 Å². The Morgan fingerprint density at radius 1 is 1.10 bits per heavy atom. The quantitative estimate of drug-likeness (QED) is 0.743. The highest BCUT2D eigenvalue weighted by molar-refractivity contribution is 5.94. The minimum Gasteiger partial charge on any atom is -0.447 e. The summed E-state index contributed by atoms with van der Waals surface area (Å²) in [6.45, 7) is 3.83. The van der Waals surface area contributed by atoms with Crippen molar-refractivity contribution >= 4 is 22.7 Å². The van der Waals surface area contributed by atoms with Gasteiger partial charge < -0.3 is 10.1 Å². The van der Waals surface area contributed by atoms with Crippen LogP contribution < -0.4 is 10.2 Å². The van der Waals surface area contributed by atoms with Crippen molar-refractivity contribution in [1.82, 2.24) is 20.1 Å². The third-order valence-electron chi connectivity index (χ3n) is 6.07. The Labute approximate surface area is 168 Å². The lowest BCUT2D eigenvalue weighted by Gasteiger charge is -2.15. The van der Waals surface area contributed by atoms with E-state index in [4.69, 9.17) is 14.8 Å². The molecule has 3 aliphatic rings. The molecule has 3 aromatic rings. The van der Waals surface area contributed by atoms with Crippen LogP contribution in [0.5, 0.6) is 0 Å². The lowest BCUT2D eigenvalue weighted by Crippen LogP contribution is -2.23. The van der Waals surface area contributed by atoms with Crippen molar-refractivity contribution in [3.8, 4) is 11.4 Å². The number of ether oxygens (including phenoxy) is 1. The summed E-state index contributed by atoms with van der Waals surface area (Å²) >= 11 is 0. The molecule has 1 aliphatic carbocycles. The van der Waals surface area contributed by atoms with E-state index in [0.29, 0.717) is 19.1 Å². The minimum atomic E-state index is -0.284. The number of fused-ring (bicyclic) bond motifs is 2. The van der Waals surface area contributed by atoms with E-state index >= 15 is 0 Å². The van der Waals surface area contributed by atoms with Gasteiger partial charge in [-0.05, 0) is 61.6 Å². The van der Waals surface area contributed by atoms with Crippen molar-refractivity contribution in [3.05, 3.63) is 41.6 Å². The van der Waals surface area contributed by atoms with Crippen molar-refractivity contribution in [2.75, 3.05) is 24.6 Å². The van der Waals surface area contributed by atoms with E-state index in [1.54, 1.807) is 4.90 Å². The number of nitrogens with one attached hydrogen (secondary N) is 1. The van der Waals surface area contributed by atoms with Gasteiger partial charge in [-0.1, -0.05) is 6.07 Å². The van der Waals surface area contributed by atoms with Crippen molar-refractivity contribution < 1.29 is 9.53 Å². The highest BCUT2D eigenvalue weighted by atomic mass is 16.6. The van der Waals surface area contributed by atoms with E-state index in [-0.39, 0.29) is 6.09 Å². The number of benzene rings is 1. The summed E-state index contributed by atoms with van der Waals surface area (Å²) in [6.07, 6.45) is 3.25. The Morgan fingerprint density at radius 3 is 2.86 bits per heavy atom. The molecule has 0 unspecified atom stereocenters. The van der Waals surface area contributed by atoms with Crippen LogP contribution in [0.2, 0.25) is 0 Å². The molecule has 29 heavy (non-hydrogen) atoms. The molecule has 0 atom stereocenters. The molecule has 2 aromatic heterocycles. The fourth-order valence-corrected chi connectivity index (χ4v) is 4.39. The van der Waals surface area contributed by atoms with Crippen LogP contribution in [-0.4, -0.2) is 40.6 Å². The number of pyridine rings is 1. The first kappa shape index (κ1) is 17.0. The lowest BCUT2D eigenvalue weighted by atomic mass is 10.0. The standard InChI is InChI=1S/C22H23N5O2/c28-22-26(8-9-29-22)15-4-5-17-18(14-2-3-14)12-20(24-19(17)10-15)21-11-16-13-23-6-1-7-27(16)25-21/h4-5,10-12,14,23H,1-3,6-9,13H2. The summed E-state index contributed by atoms with van der Waals surface area (Å²) in [5.74, 6) is 0.601. The first-order valence-electron chi connectivity index (χ1n) is 10.4. The average Bonchev–Trinajstić information content (AvgIpc) is 3.43. The van der Waals surface area contributed by atoms with E-state index in [1.807, 2.05) is 12.1 Å². The number of carbonyl (C=O) groups is 1. The number of anilines is 1. The fraction of sp³-hybridized carbons (Fsp3) is 0.409. The van der Waals surface area contributed by atoms with Crippen LogP contribution in [0.25, 0.3) is 22.3 Å². The average molecular weight is 389 g/mol. The van der Waals surface area contributed by atoms with Crippen LogP contribution >= 0.6 is 0 Å². The van der Waals surface area contributed by atoms with Crippen LogP contribution in [-0.2, 0) is 17.8 Å². The molecule has 6 rings (SSSR count). The van der Waals surface area contributed by atoms with Crippen LogP contribution in [0.1, 0.15) is 36.4 Å². The van der Waals surface area contributed by atoms with E-state index in [9.17, 15) is 4.79 Å². The SMILES string of the molecule is O=C1OCCN1c1ccc2c(C3CC3)cc(-c3cc4n(n3)CCCNC4)nc2c1. The summed E-state index contributed by atoms with van der Waals surface area (Å²) in [6, 6.07) is 10.5. The van der Waals surface area contributed by atoms with Gasteiger partial charge in [0.25, 0.3) is 0 Å². The van der Waals surface area contributed by atoms with Crippen molar-refractivity contribution in [2.24, 2.45) is 0 Å². The summed E-state index contributed by atoms with van der Waals surface area (Å²) in [7, 11) is 0. The van der Waals surface area contributed by atoms with Gasteiger partial charge in [0.05, 0.1) is 23.4 Å². The number of aromatic nitrogens is 3. The van der Waals surface area contributed by atoms with E-state index in [0.717, 1.165) is 48.6 Å². The zero-order valence-corrected chi connectivity index (χ0v) is 16.2. The number of hydrogen-bond donors (Lipinski definition) is 1. The lowest BCUT2D eigenvalue weighted by molar-refractivity contribution is 0.181. The second kappa shape index (κ2) is 6.56. The van der Waals surface area contributed by atoms with Crippen molar-refractivity contribution in [1.29, 1.82) is 0 Å². The molecular formula is C22H23N5O2. The zero-order chi connectivity index (χ0) is 19.4. The molecule has 0 spiro atoms. The van der Waals surface area contributed by atoms with Gasteiger partial charge in [-0.25, -0.2) is 9.78 Å². The smallest absolute Gasteiger partial charge is 0.414 e. The second-order valence-corrected chi connectivity index (χ2v) is 8.11. The second-order valence-electron chi connectivity index (χ2n) is 8.11. The highest BCUT2D eigenvalue weighted by Gasteiger charge is 2.28. The molecule has 7 heteroatoms. The molecule has 1 N–H and O–H groups in total. The zero-order valence-electron chi connectivity index (χ0n) is 16.2. The van der Waals surface area contributed by atoms with Crippen LogP contribution in [0, 0.1) is 0 Å². The third-order valence-corrected chi connectivity index (χ3v) is 6.07. The molecule has 1 saturated carbocycles. The maximum atomic E-state index is 12.0. The molecule has 2 fully saturated rings. The molecular weight excluding hydrogens is 366 g/mol. The Balaban J connectivity index is 1.47. The first-order valence-corrected chi connectivity index (χ1v) is 10.4. The molecule has 148 valence electrons. The van der Waals surface area contributed by atoms with Gasteiger partial charge in [-0.3, -0.25) is 9.58 Å². The number of rotatable bonds is 3. The van der Waals surface area contributed by atoms with E-state index < -0.39 is 0 Å². The van der Waals surface area contributed by atoms with Gasteiger partial charge in [0.15, 0.2) is 0 Å². The number of carbonyl (C=O) groups excluding carboxylic acids is 1. The topological polar surface area (TPSA) is 72.3 Å². The van der Waals surface area contributed by atoms with Gasteiger partial charge >= 0.3 is 6.09 Å². The predicted octanol–water partition coefficient (Wildman–Crippen LogP) is 3.43. The minimum absolute atomic E-state index is 0.284. The van der Waals surface area contributed by atoms with Crippen LogP contribution in [0.3, 0.4) is 0 Å². The van der Waals surface area contributed by atoms with Gasteiger partial charge in [-0.15, -0.1) is 0 Å². The van der Waals surface area contributed by atoms with Crippen LogP contribution in [0.15, 0.2) is 30.3 Å². The van der Waals surface area contributed by atoms with Crippen molar-refractivity contribution in [2.45, 2.75) is 38.3 Å². The maximum Gasteiger partial charge on any atom is 0.414 e. The Bertz CT molecular complexity index is 1090. The Hall–Kier alpha value is -2.93. The number of nitrogens with zero attached hydrogens (tertiary/aromatic N) is 4. The molecule has 1 saturated heterocycles. The molecule has 2 aliphatic heterocycles. The molecule has 0 radical (unpaired) electrons. The fourth-order valence-electron chi connectivity index (χ4n) is 4.39. The largest absolute Gasteiger partial charge is 0.447 e. The summed E-state index contributed by atoms with van der Waals surface area (Å²) in [4.78, 5) is 18.6. The number of aryl methyl sites for hydroxylation is 1. The predicted molar refractivity (Wildman–Crippen MR) is 110 cm³/mol. The molecule has 1 amide bonds. The Morgan fingerprint density at radius 2 is 2.03 bits per heavy atom. The molecule has 4 heterocycles. The molecule has 7 nitrogen and oxygen atoms in total. The molecule has 1 aromatic carbocycles. The van der Waals surface area contributed by atoms with E-state index in [1.165, 1.54) is 29.5 Å². The van der Waals surface area contributed by atoms with E-state index in [2.05, 4.69) is 28.2 Å². The number of hydrogen-bond acceptors (Lipinski definition) is 5. The summed E-state index contributed by atoms with van der Waals surface area (Å²) < 4.78 is 7.21. The van der Waals surface area contributed by atoms with Crippen LogP contribution in [0.4, 0.5) is 10.5 Å². The third kappa shape index (κ3) is 2.97. The highest BCUT2D eigenvalue weighted by Crippen LogP contribution is 2.44. The first-order chi connectivity index (χ1) is 14.3. The molecule has 0 bridgehead atoms. The Kier molecular flexibility index (Phi) is 3.84. The number of cyclic esters (lactones) is 1. The van der Waals surface area contributed by atoms with Gasteiger partial charge in [-0.2, -0.15) is 5.10 Å². The van der Waals surface area contributed by atoms with Gasteiger partial charge in [0, 0.05) is 24.2 Å². The summed E-state index contributed by atoms with van der Waals surface area (Å²) in [5.41, 5.74) is 6.17. The maximum absolute atomic E-state index is 12.0. The number of amides is 1. The normalized spacial score (nSPS) is 19.3. The van der Waals surface area contributed by atoms with Gasteiger partial charge in [0.2, 0.25) is 0 Å². The monoisotopic (exact) mass is 389 g/mol. The summed E-state index contributed by atoms with van der Waals surface area (Å²) in [5, 5.41) is 9.48. The van der Waals surface area contributed by atoms with Gasteiger partial charge in [0.1, 0.15) is 12.3 Å².